The zero-order chi connectivity index (χ0) is 23.4. The van der Waals surface area contributed by atoms with Crippen molar-refractivity contribution in [2.45, 2.75) is 38.6 Å². The van der Waals surface area contributed by atoms with Crippen molar-refractivity contribution in [3.8, 4) is 0 Å². The number of hydrogen-bond donors (Lipinski definition) is 1. The van der Waals surface area contributed by atoms with Crippen molar-refractivity contribution in [2.75, 3.05) is 19.6 Å². The van der Waals surface area contributed by atoms with E-state index in [4.69, 9.17) is 4.79 Å². The first kappa shape index (κ1) is 27.8. The Morgan fingerprint density at radius 1 is 1.33 bits per heavy atom. The zero-order valence-corrected chi connectivity index (χ0v) is 18.0. The van der Waals surface area contributed by atoms with Gasteiger partial charge in [0.05, 0.1) is 0 Å². The molecule has 0 unspecified atom stereocenters. The molecule has 0 spiro atoms. The van der Waals surface area contributed by atoms with E-state index >= 15 is 0 Å². The Labute approximate surface area is 175 Å². The first-order chi connectivity index (χ1) is 14.1. The third kappa shape index (κ3) is 7.91. The topological polar surface area (TPSA) is 66.5 Å². The summed E-state index contributed by atoms with van der Waals surface area (Å²) in [5.41, 5.74) is -3.69. The molecule has 0 amide bonds. The summed E-state index contributed by atoms with van der Waals surface area (Å²) in [6.45, 7) is 8.88. The normalized spacial score (nSPS) is 18.1. The lowest BCUT2D eigenvalue weighted by Gasteiger charge is -2.22. The maximum absolute atomic E-state index is 13.7. The minimum absolute atomic E-state index is 0.00317. The molecule has 0 bridgehead atoms. The van der Waals surface area contributed by atoms with Crippen LogP contribution >= 0.6 is 0 Å². The second-order valence-corrected chi connectivity index (χ2v) is 8.01. The van der Waals surface area contributed by atoms with E-state index in [2.05, 4.69) is 24.9 Å². The van der Waals surface area contributed by atoms with Crippen LogP contribution in [0.1, 0.15) is 33.1 Å². The molecule has 0 atom stereocenters. The van der Waals surface area contributed by atoms with Crippen LogP contribution in [0.3, 0.4) is 0 Å². The summed E-state index contributed by atoms with van der Waals surface area (Å²) in [6, 6.07) is 0. The average Bonchev–Trinajstić information content (AvgIpc) is 2.94. The van der Waals surface area contributed by atoms with Crippen LogP contribution in [0.25, 0.3) is 0 Å². The van der Waals surface area contributed by atoms with Gasteiger partial charge in [0.2, 0.25) is 0 Å². The Kier molecular flexibility index (Phi) is 12.2. The molecule has 1 N–H and O–H groups in total. The summed E-state index contributed by atoms with van der Waals surface area (Å²) in [7, 11) is -5.43. The van der Waals surface area contributed by atoms with E-state index in [9.17, 15) is 26.0 Å². The van der Waals surface area contributed by atoms with Crippen molar-refractivity contribution >= 4 is 16.8 Å². The van der Waals surface area contributed by atoms with E-state index < -0.39 is 27.9 Å². The number of nitrogens with zero attached hydrogens (tertiary/aromatic N) is 1. The maximum Gasteiger partial charge on any atom is 0.511 e. The third-order valence-corrected chi connectivity index (χ3v) is 5.76. The third-order valence-electron chi connectivity index (χ3n) is 4.18. The molecule has 10 heteroatoms. The highest BCUT2D eigenvalue weighted by atomic mass is 32.2. The molecule has 30 heavy (non-hydrogen) atoms. The molecule has 2 aliphatic rings. The van der Waals surface area contributed by atoms with Crippen molar-refractivity contribution in [1.82, 2.24) is 9.62 Å². The molecule has 0 saturated carbocycles. The second-order valence-electron chi connectivity index (χ2n) is 6.08. The summed E-state index contributed by atoms with van der Waals surface area (Å²) in [6.07, 6.45) is 11.3. The molecular formula is C20H28F4N2O3S. The Morgan fingerprint density at radius 2 is 1.97 bits per heavy atom. The van der Waals surface area contributed by atoms with Crippen LogP contribution in [0.5, 0.6) is 0 Å². The summed E-state index contributed by atoms with van der Waals surface area (Å²) in [5.74, 6) is -0.561. The van der Waals surface area contributed by atoms with E-state index in [-0.39, 0.29) is 29.4 Å². The van der Waals surface area contributed by atoms with Gasteiger partial charge in [-0.15, -0.1) is 0 Å². The Balaban J connectivity index is 0.000000648. The van der Waals surface area contributed by atoms with Crippen molar-refractivity contribution in [1.29, 1.82) is 0 Å². The lowest BCUT2D eigenvalue weighted by Crippen LogP contribution is -2.42. The second kappa shape index (κ2) is 13.2. The van der Waals surface area contributed by atoms with Gasteiger partial charge in [-0.1, -0.05) is 43.9 Å². The quantitative estimate of drug-likeness (QED) is 0.502. The molecule has 1 saturated heterocycles. The SMILES string of the molecule is C=C/C(=C\C=C/C)CC.C=O.O=S(=O)(N1CCNC2=CCCC(F)=C2C1)C(F)(F)F. The van der Waals surface area contributed by atoms with Crippen molar-refractivity contribution in [3.05, 3.63) is 59.6 Å². The van der Waals surface area contributed by atoms with Gasteiger partial charge in [0.1, 0.15) is 12.6 Å². The number of nitrogens with one attached hydrogen (secondary N) is 1. The molecule has 0 aromatic rings. The van der Waals surface area contributed by atoms with E-state index in [0.717, 1.165) is 6.42 Å². The summed E-state index contributed by atoms with van der Waals surface area (Å²) in [4.78, 5) is 8.00. The first-order valence-electron chi connectivity index (χ1n) is 9.19. The highest BCUT2D eigenvalue weighted by Gasteiger charge is 2.50. The van der Waals surface area contributed by atoms with Crippen LogP contribution in [0.15, 0.2) is 59.6 Å². The highest BCUT2D eigenvalue weighted by Crippen LogP contribution is 2.32. The highest BCUT2D eigenvalue weighted by molar-refractivity contribution is 7.90. The van der Waals surface area contributed by atoms with Crippen LogP contribution in [0.4, 0.5) is 17.6 Å². The lowest BCUT2D eigenvalue weighted by molar-refractivity contribution is -0.0980. The van der Waals surface area contributed by atoms with E-state index in [0.29, 0.717) is 12.1 Å². The monoisotopic (exact) mass is 452 g/mol. The van der Waals surface area contributed by atoms with Gasteiger partial charge < -0.3 is 10.1 Å². The van der Waals surface area contributed by atoms with Gasteiger partial charge in [0.15, 0.2) is 0 Å². The molecule has 170 valence electrons. The van der Waals surface area contributed by atoms with Gasteiger partial charge in [-0.05, 0) is 25.3 Å². The largest absolute Gasteiger partial charge is 0.511 e. The van der Waals surface area contributed by atoms with E-state index in [1.54, 1.807) is 6.08 Å². The Hall–Kier alpha value is -2.20. The maximum atomic E-state index is 13.7. The lowest BCUT2D eigenvalue weighted by atomic mass is 10.0. The zero-order valence-electron chi connectivity index (χ0n) is 17.1. The van der Waals surface area contributed by atoms with Gasteiger partial charge in [-0.25, -0.2) is 12.8 Å². The van der Waals surface area contributed by atoms with Crippen LogP contribution in [-0.4, -0.2) is 44.7 Å². The molecule has 1 heterocycles. The average molecular weight is 453 g/mol. The van der Waals surface area contributed by atoms with Gasteiger partial charge in [0.25, 0.3) is 0 Å². The number of fused-ring (bicyclic) bond motifs is 1. The molecule has 0 aromatic carbocycles. The number of rotatable bonds is 4. The molecule has 1 aliphatic heterocycles. The molecule has 2 rings (SSSR count). The number of hydrogen-bond acceptors (Lipinski definition) is 4. The van der Waals surface area contributed by atoms with E-state index in [1.807, 2.05) is 31.9 Å². The predicted molar refractivity (Wildman–Crippen MR) is 111 cm³/mol. The fourth-order valence-electron chi connectivity index (χ4n) is 2.59. The number of allylic oxidation sites excluding steroid dienone is 7. The Bertz CT molecular complexity index is 797. The number of alkyl halides is 3. The van der Waals surface area contributed by atoms with Crippen molar-refractivity contribution in [2.24, 2.45) is 0 Å². The van der Waals surface area contributed by atoms with Crippen LogP contribution in [-0.2, 0) is 14.8 Å². The summed E-state index contributed by atoms with van der Waals surface area (Å²) >= 11 is 0. The fourth-order valence-corrected chi connectivity index (χ4v) is 3.51. The van der Waals surface area contributed by atoms with Gasteiger partial charge in [0, 0.05) is 37.3 Å². The Morgan fingerprint density at radius 3 is 2.47 bits per heavy atom. The molecule has 0 aromatic heterocycles. The van der Waals surface area contributed by atoms with Gasteiger partial charge >= 0.3 is 15.5 Å². The predicted octanol–water partition coefficient (Wildman–Crippen LogP) is 4.54. The number of carbonyl (C=O) groups is 1. The number of sulfonamides is 1. The molecule has 1 aliphatic carbocycles. The minimum Gasteiger partial charge on any atom is -0.384 e. The smallest absolute Gasteiger partial charge is 0.384 e. The fraction of sp³-hybridized carbons (Fsp3) is 0.450. The molecule has 0 radical (unpaired) electrons. The first-order valence-corrected chi connectivity index (χ1v) is 10.6. The minimum atomic E-state index is -5.43. The number of halogens is 4. The van der Waals surface area contributed by atoms with Crippen LogP contribution in [0.2, 0.25) is 0 Å². The standard InChI is InChI=1S/C10H12F4N2O2S.C9H14.CH2O/c11-8-2-1-3-9-7(8)6-16(5-4-15-9)19(17,18)10(12,13)14;1-4-7-8-9(5-2)6-3;1-2/h3,15H,1-2,4-6H2;4-5,7-8H,2,6H2,1,3H3;1H2/b;7-4-,9-8+;. The van der Waals surface area contributed by atoms with Crippen molar-refractivity contribution in [3.63, 3.8) is 0 Å². The molecule has 5 nitrogen and oxygen atoms in total. The van der Waals surface area contributed by atoms with Gasteiger partial charge in [-0.2, -0.15) is 17.5 Å². The van der Waals surface area contributed by atoms with E-state index in [1.165, 1.54) is 5.57 Å². The summed E-state index contributed by atoms with van der Waals surface area (Å²) < 4.78 is 74.1. The molecule has 1 fully saturated rings. The summed E-state index contributed by atoms with van der Waals surface area (Å²) in [5, 5.41) is 2.76. The number of carbonyl (C=O) groups excluding carboxylic acids is 1. The van der Waals surface area contributed by atoms with Gasteiger partial charge in [-0.3, -0.25) is 0 Å². The van der Waals surface area contributed by atoms with Crippen LogP contribution in [0, 0.1) is 0 Å². The molecular weight excluding hydrogens is 424 g/mol. The van der Waals surface area contributed by atoms with Crippen LogP contribution < -0.4 is 5.32 Å². The van der Waals surface area contributed by atoms with Crippen molar-refractivity contribution < 1.29 is 30.8 Å².